The lowest BCUT2D eigenvalue weighted by Crippen LogP contribution is -2.02. The Bertz CT molecular complexity index is 689. The number of ether oxygens (including phenoxy) is 1. The van der Waals surface area contributed by atoms with Gasteiger partial charge in [0.05, 0.1) is 16.6 Å². The van der Waals surface area contributed by atoms with Gasteiger partial charge in [0.15, 0.2) is 5.82 Å². The smallest absolute Gasteiger partial charge is 0.314 e. The Morgan fingerprint density at radius 3 is 2.43 bits per heavy atom. The molecule has 2 aromatic carbocycles. The fraction of sp³-hybridized carbons (Fsp3) is 0.143. The molecule has 2 rings (SSSR count). The number of halogens is 2. The lowest BCUT2D eigenvalue weighted by atomic mass is 10.1. The molecule has 0 saturated carbocycles. The third-order valence-corrected chi connectivity index (χ3v) is 2.79. The van der Waals surface area contributed by atoms with Crippen LogP contribution in [0.2, 0.25) is 0 Å². The number of aliphatic hydroxyl groups is 1. The largest absolute Gasteiger partial charge is 0.447 e. The molecule has 0 fully saturated rings. The SMILES string of the molecule is CC(O)c1c(F)cccc1Oc1c(F)cccc1[N+](=O)[O-]. The third kappa shape index (κ3) is 2.97. The zero-order valence-corrected chi connectivity index (χ0v) is 10.9. The fourth-order valence-electron chi connectivity index (χ4n) is 1.86. The minimum Gasteiger partial charge on any atom is -0.447 e. The van der Waals surface area contributed by atoms with Gasteiger partial charge in [-0.05, 0) is 25.1 Å². The van der Waals surface area contributed by atoms with E-state index in [4.69, 9.17) is 4.74 Å². The van der Waals surface area contributed by atoms with Gasteiger partial charge in [-0.1, -0.05) is 12.1 Å². The van der Waals surface area contributed by atoms with Crippen LogP contribution in [0.3, 0.4) is 0 Å². The normalized spacial score (nSPS) is 12.0. The average Bonchev–Trinajstić information content (AvgIpc) is 2.40. The van der Waals surface area contributed by atoms with Gasteiger partial charge in [-0.3, -0.25) is 10.1 Å². The summed E-state index contributed by atoms with van der Waals surface area (Å²) in [5.41, 5.74) is -0.786. The van der Waals surface area contributed by atoms with Crippen LogP contribution in [0.4, 0.5) is 14.5 Å². The van der Waals surface area contributed by atoms with Crippen LogP contribution in [0.5, 0.6) is 11.5 Å². The Morgan fingerprint density at radius 2 is 1.81 bits per heavy atom. The van der Waals surface area contributed by atoms with Gasteiger partial charge in [0.2, 0.25) is 5.75 Å². The van der Waals surface area contributed by atoms with E-state index in [0.29, 0.717) is 0 Å². The van der Waals surface area contributed by atoms with Gasteiger partial charge in [-0.2, -0.15) is 0 Å². The first kappa shape index (κ1) is 14.9. The molecule has 0 bridgehead atoms. The van der Waals surface area contributed by atoms with Crippen molar-refractivity contribution in [1.29, 1.82) is 0 Å². The van der Waals surface area contributed by atoms with E-state index >= 15 is 0 Å². The van der Waals surface area contributed by atoms with Crippen molar-refractivity contribution in [3.8, 4) is 11.5 Å². The van der Waals surface area contributed by atoms with Gasteiger partial charge < -0.3 is 9.84 Å². The van der Waals surface area contributed by atoms with Crippen molar-refractivity contribution in [3.63, 3.8) is 0 Å². The van der Waals surface area contributed by atoms with Crippen LogP contribution < -0.4 is 4.74 Å². The lowest BCUT2D eigenvalue weighted by Gasteiger charge is -2.14. The van der Waals surface area contributed by atoms with Gasteiger partial charge in [0.25, 0.3) is 0 Å². The van der Waals surface area contributed by atoms with Crippen molar-refractivity contribution in [1.82, 2.24) is 0 Å². The van der Waals surface area contributed by atoms with Crippen molar-refractivity contribution in [2.45, 2.75) is 13.0 Å². The minimum atomic E-state index is -1.22. The predicted molar refractivity (Wildman–Crippen MR) is 70.2 cm³/mol. The van der Waals surface area contributed by atoms with E-state index in [1.165, 1.54) is 25.1 Å². The summed E-state index contributed by atoms with van der Waals surface area (Å²) in [6, 6.07) is 6.92. The molecular formula is C14H11F2NO4. The van der Waals surface area contributed by atoms with Crippen molar-refractivity contribution < 1.29 is 23.5 Å². The van der Waals surface area contributed by atoms with Crippen LogP contribution >= 0.6 is 0 Å². The molecule has 0 aliphatic heterocycles. The molecule has 0 saturated heterocycles. The molecule has 0 radical (unpaired) electrons. The Morgan fingerprint density at radius 1 is 1.19 bits per heavy atom. The summed E-state index contributed by atoms with van der Waals surface area (Å²) in [5.74, 6) is -2.51. The molecule has 2 aromatic rings. The predicted octanol–water partition coefficient (Wildman–Crippen LogP) is 3.72. The first-order valence-electron chi connectivity index (χ1n) is 5.99. The van der Waals surface area contributed by atoms with Gasteiger partial charge in [0, 0.05) is 6.07 Å². The zero-order valence-electron chi connectivity index (χ0n) is 10.9. The second kappa shape index (κ2) is 5.84. The highest BCUT2D eigenvalue weighted by Gasteiger charge is 2.23. The minimum absolute atomic E-state index is 0.182. The number of benzene rings is 2. The molecule has 0 aliphatic rings. The monoisotopic (exact) mass is 295 g/mol. The summed E-state index contributed by atoms with van der Waals surface area (Å²) in [6.07, 6.45) is -1.22. The zero-order chi connectivity index (χ0) is 15.6. The molecule has 1 atom stereocenters. The van der Waals surface area contributed by atoms with Gasteiger partial charge in [-0.15, -0.1) is 0 Å². The van der Waals surface area contributed by atoms with E-state index in [2.05, 4.69) is 0 Å². The quantitative estimate of drug-likeness (QED) is 0.689. The van der Waals surface area contributed by atoms with E-state index in [0.717, 1.165) is 18.2 Å². The summed E-state index contributed by atoms with van der Waals surface area (Å²) in [4.78, 5) is 10.1. The topological polar surface area (TPSA) is 72.6 Å². The summed E-state index contributed by atoms with van der Waals surface area (Å²) in [7, 11) is 0. The second-order valence-corrected chi connectivity index (χ2v) is 4.27. The van der Waals surface area contributed by atoms with Crippen molar-refractivity contribution in [2.24, 2.45) is 0 Å². The highest BCUT2D eigenvalue weighted by atomic mass is 19.1. The summed E-state index contributed by atoms with van der Waals surface area (Å²) < 4.78 is 32.6. The van der Waals surface area contributed by atoms with Crippen LogP contribution in [-0.2, 0) is 0 Å². The highest BCUT2D eigenvalue weighted by Crippen LogP contribution is 2.37. The molecule has 0 aromatic heterocycles. The number of hydrogen-bond donors (Lipinski definition) is 1. The first-order chi connectivity index (χ1) is 9.91. The fourth-order valence-corrected chi connectivity index (χ4v) is 1.86. The molecule has 0 spiro atoms. The summed E-state index contributed by atoms with van der Waals surface area (Å²) in [6.45, 7) is 1.31. The van der Waals surface area contributed by atoms with Crippen LogP contribution in [0.15, 0.2) is 36.4 Å². The highest BCUT2D eigenvalue weighted by molar-refractivity contribution is 5.50. The van der Waals surface area contributed by atoms with Crippen LogP contribution in [0, 0.1) is 21.7 Å². The molecule has 1 N–H and O–H groups in total. The number of rotatable bonds is 4. The van der Waals surface area contributed by atoms with Gasteiger partial charge in [0.1, 0.15) is 11.6 Å². The van der Waals surface area contributed by atoms with E-state index < -0.39 is 34.1 Å². The molecule has 21 heavy (non-hydrogen) atoms. The lowest BCUT2D eigenvalue weighted by molar-refractivity contribution is -0.385. The van der Waals surface area contributed by atoms with Gasteiger partial charge in [-0.25, -0.2) is 8.78 Å². The van der Waals surface area contributed by atoms with E-state index in [1.807, 2.05) is 0 Å². The number of aliphatic hydroxyl groups excluding tert-OH is 1. The Hall–Kier alpha value is -2.54. The van der Waals surface area contributed by atoms with Crippen LogP contribution in [0.1, 0.15) is 18.6 Å². The maximum atomic E-state index is 13.7. The maximum absolute atomic E-state index is 13.7. The van der Waals surface area contributed by atoms with Crippen molar-refractivity contribution in [3.05, 3.63) is 63.7 Å². The molecule has 7 heteroatoms. The van der Waals surface area contributed by atoms with E-state index in [9.17, 15) is 24.0 Å². The molecule has 110 valence electrons. The summed E-state index contributed by atoms with van der Waals surface area (Å²) in [5, 5.41) is 20.4. The average molecular weight is 295 g/mol. The standard InChI is InChI=1S/C14H11F2NO4/c1-8(18)13-9(15)4-3-7-12(13)21-14-10(16)5-2-6-11(14)17(19)20/h2-8,18H,1H3. The summed E-state index contributed by atoms with van der Waals surface area (Å²) >= 11 is 0. The van der Waals surface area contributed by atoms with Crippen molar-refractivity contribution in [2.75, 3.05) is 0 Å². The number of nitro groups is 1. The molecule has 0 heterocycles. The van der Waals surface area contributed by atoms with Crippen LogP contribution in [0.25, 0.3) is 0 Å². The molecule has 0 amide bonds. The number of para-hydroxylation sites is 1. The first-order valence-corrected chi connectivity index (χ1v) is 5.99. The molecule has 5 nitrogen and oxygen atoms in total. The number of nitro benzene ring substituents is 1. The molecule has 1 unspecified atom stereocenters. The molecular weight excluding hydrogens is 284 g/mol. The Balaban J connectivity index is 2.54. The number of hydrogen-bond acceptors (Lipinski definition) is 4. The van der Waals surface area contributed by atoms with Crippen LogP contribution in [-0.4, -0.2) is 10.0 Å². The Kier molecular flexibility index (Phi) is 4.13. The van der Waals surface area contributed by atoms with Crippen molar-refractivity contribution >= 4 is 5.69 Å². The maximum Gasteiger partial charge on any atom is 0.314 e. The third-order valence-electron chi connectivity index (χ3n) is 2.79. The van der Waals surface area contributed by atoms with E-state index in [-0.39, 0.29) is 11.3 Å². The van der Waals surface area contributed by atoms with E-state index in [1.54, 1.807) is 0 Å². The number of nitrogens with zero attached hydrogens (tertiary/aromatic N) is 1. The Labute approximate surface area is 118 Å². The van der Waals surface area contributed by atoms with Gasteiger partial charge >= 0.3 is 5.69 Å². The molecule has 0 aliphatic carbocycles. The second-order valence-electron chi connectivity index (χ2n) is 4.27.